The second kappa shape index (κ2) is 10.4. The van der Waals surface area contributed by atoms with E-state index in [-0.39, 0.29) is 41.2 Å². The number of urea groups is 1. The number of hydrogen-bond donors (Lipinski definition) is 1. The minimum absolute atomic E-state index is 0.0254. The predicted octanol–water partition coefficient (Wildman–Crippen LogP) is 5.63. The van der Waals surface area contributed by atoms with Crippen molar-refractivity contribution in [2.24, 2.45) is 0 Å². The van der Waals surface area contributed by atoms with Gasteiger partial charge in [0.1, 0.15) is 12.2 Å². The Bertz CT molecular complexity index is 1520. The summed E-state index contributed by atoms with van der Waals surface area (Å²) in [5, 5.41) is 3.26. The number of nitrogens with zero attached hydrogens (tertiary/aromatic N) is 1. The molecule has 0 aliphatic carbocycles. The first kappa shape index (κ1) is 25.7. The first-order valence-corrected chi connectivity index (χ1v) is 12.1. The van der Waals surface area contributed by atoms with Gasteiger partial charge in [0.2, 0.25) is 6.79 Å². The summed E-state index contributed by atoms with van der Waals surface area (Å²) in [5.74, 6) is -0.346. The number of amides is 4. The standard InChI is InChI=1S/C26H17Cl3N2O7/c1-35-22-8-13(7-19(29)23(22)36-11-14-2-3-15(27)9-18(14)28)6-17-24(32)30-26(34)31(25(17)33)16-4-5-20-21(10-16)38-12-37-20/h2-10H,11-12H2,1H3,(H,30,32,34)/b17-6+. The van der Waals surface area contributed by atoms with Crippen LogP contribution in [0, 0.1) is 0 Å². The summed E-state index contributed by atoms with van der Waals surface area (Å²) in [7, 11) is 1.42. The molecule has 1 fully saturated rings. The van der Waals surface area contributed by atoms with Gasteiger partial charge in [0.05, 0.1) is 17.8 Å². The quantitative estimate of drug-likeness (QED) is 0.300. The van der Waals surface area contributed by atoms with E-state index in [2.05, 4.69) is 5.32 Å². The Morgan fingerprint density at radius 2 is 1.76 bits per heavy atom. The molecule has 194 valence electrons. The summed E-state index contributed by atoms with van der Waals surface area (Å²) < 4.78 is 21.9. The number of ether oxygens (including phenoxy) is 4. The highest BCUT2D eigenvalue weighted by atomic mass is 35.5. The zero-order valence-electron chi connectivity index (χ0n) is 19.5. The van der Waals surface area contributed by atoms with Crippen LogP contribution in [0.4, 0.5) is 10.5 Å². The van der Waals surface area contributed by atoms with Crippen LogP contribution in [0.5, 0.6) is 23.0 Å². The highest BCUT2D eigenvalue weighted by Gasteiger charge is 2.37. The Kier molecular flexibility index (Phi) is 7.07. The first-order valence-electron chi connectivity index (χ1n) is 11.0. The summed E-state index contributed by atoms with van der Waals surface area (Å²) >= 11 is 18.6. The Balaban J connectivity index is 1.43. The molecule has 2 aliphatic heterocycles. The van der Waals surface area contributed by atoms with Gasteiger partial charge in [0.15, 0.2) is 23.0 Å². The minimum atomic E-state index is -0.892. The highest BCUT2D eigenvalue weighted by Crippen LogP contribution is 2.39. The third kappa shape index (κ3) is 4.96. The number of carbonyl (C=O) groups is 3. The first-order chi connectivity index (χ1) is 18.2. The third-order valence-corrected chi connectivity index (χ3v) is 6.53. The van der Waals surface area contributed by atoms with Gasteiger partial charge in [-0.1, -0.05) is 40.9 Å². The van der Waals surface area contributed by atoms with E-state index < -0.39 is 17.8 Å². The lowest BCUT2D eigenvalue weighted by molar-refractivity contribution is -0.122. The van der Waals surface area contributed by atoms with Crippen LogP contribution in [-0.2, 0) is 16.2 Å². The zero-order chi connectivity index (χ0) is 27.0. The summed E-state index contributed by atoms with van der Waals surface area (Å²) in [6.07, 6.45) is 1.30. The number of barbiturate groups is 1. The van der Waals surface area contributed by atoms with E-state index in [0.717, 1.165) is 4.90 Å². The molecule has 0 aromatic heterocycles. The molecule has 0 saturated carbocycles. The normalized spacial score (nSPS) is 15.6. The van der Waals surface area contributed by atoms with Gasteiger partial charge in [0, 0.05) is 21.7 Å². The van der Waals surface area contributed by atoms with Crippen molar-refractivity contribution in [1.29, 1.82) is 0 Å². The van der Waals surface area contributed by atoms with E-state index in [1.54, 1.807) is 30.3 Å². The maximum Gasteiger partial charge on any atom is 0.335 e. The fraction of sp³-hybridized carbons (Fsp3) is 0.115. The largest absolute Gasteiger partial charge is 0.493 e. The molecule has 12 heteroatoms. The van der Waals surface area contributed by atoms with Crippen molar-refractivity contribution in [3.05, 3.63) is 80.3 Å². The molecule has 4 amide bonds. The van der Waals surface area contributed by atoms with Gasteiger partial charge in [-0.2, -0.15) is 0 Å². The van der Waals surface area contributed by atoms with E-state index in [0.29, 0.717) is 32.7 Å². The lowest BCUT2D eigenvalue weighted by Gasteiger charge is -2.26. The molecule has 0 spiro atoms. The number of anilines is 1. The van der Waals surface area contributed by atoms with Gasteiger partial charge in [-0.3, -0.25) is 14.9 Å². The number of imide groups is 2. The van der Waals surface area contributed by atoms with E-state index in [4.69, 9.17) is 53.8 Å². The molecule has 9 nitrogen and oxygen atoms in total. The number of halogens is 3. The number of nitrogens with one attached hydrogen (secondary N) is 1. The fourth-order valence-electron chi connectivity index (χ4n) is 3.83. The van der Waals surface area contributed by atoms with E-state index in [9.17, 15) is 14.4 Å². The Morgan fingerprint density at radius 3 is 2.53 bits per heavy atom. The molecular weight excluding hydrogens is 559 g/mol. The van der Waals surface area contributed by atoms with Crippen LogP contribution < -0.4 is 29.2 Å². The lowest BCUT2D eigenvalue weighted by Crippen LogP contribution is -2.54. The van der Waals surface area contributed by atoms with Crippen molar-refractivity contribution < 1.29 is 33.3 Å². The smallest absolute Gasteiger partial charge is 0.335 e. The molecule has 3 aromatic carbocycles. The van der Waals surface area contributed by atoms with E-state index in [1.165, 1.54) is 31.4 Å². The average Bonchev–Trinajstić information content (AvgIpc) is 3.34. The maximum atomic E-state index is 13.3. The monoisotopic (exact) mass is 574 g/mol. The molecule has 2 heterocycles. The number of methoxy groups -OCH3 is 1. The molecule has 0 atom stereocenters. The second-order valence-electron chi connectivity index (χ2n) is 8.05. The topological polar surface area (TPSA) is 103 Å². The maximum absolute atomic E-state index is 13.3. The number of fused-ring (bicyclic) bond motifs is 1. The molecule has 0 radical (unpaired) electrons. The average molecular weight is 576 g/mol. The molecule has 3 aromatic rings. The van der Waals surface area contributed by atoms with Crippen molar-refractivity contribution in [1.82, 2.24) is 5.32 Å². The summed E-state index contributed by atoms with van der Waals surface area (Å²) in [4.78, 5) is 39.2. The van der Waals surface area contributed by atoms with Crippen molar-refractivity contribution in [2.45, 2.75) is 6.61 Å². The third-order valence-electron chi connectivity index (χ3n) is 5.67. The minimum Gasteiger partial charge on any atom is -0.493 e. The summed E-state index contributed by atoms with van der Waals surface area (Å²) in [5.41, 5.74) is 0.956. The van der Waals surface area contributed by atoms with Crippen LogP contribution in [0.3, 0.4) is 0 Å². The van der Waals surface area contributed by atoms with Crippen LogP contribution in [0.15, 0.2) is 54.1 Å². The van der Waals surface area contributed by atoms with Gasteiger partial charge in [0.25, 0.3) is 11.8 Å². The van der Waals surface area contributed by atoms with Crippen molar-refractivity contribution in [3.63, 3.8) is 0 Å². The van der Waals surface area contributed by atoms with Crippen LogP contribution >= 0.6 is 34.8 Å². The molecule has 1 saturated heterocycles. The highest BCUT2D eigenvalue weighted by molar-refractivity contribution is 6.39. The molecule has 0 bridgehead atoms. The number of benzene rings is 3. The molecule has 1 N–H and O–H groups in total. The van der Waals surface area contributed by atoms with Crippen LogP contribution in [0.1, 0.15) is 11.1 Å². The van der Waals surface area contributed by atoms with Gasteiger partial charge >= 0.3 is 6.03 Å². The van der Waals surface area contributed by atoms with Crippen LogP contribution in [0.2, 0.25) is 15.1 Å². The number of carbonyl (C=O) groups excluding carboxylic acids is 3. The van der Waals surface area contributed by atoms with Gasteiger partial charge in [-0.25, -0.2) is 9.69 Å². The molecule has 38 heavy (non-hydrogen) atoms. The molecular formula is C26H17Cl3N2O7. The lowest BCUT2D eigenvalue weighted by atomic mass is 10.1. The Hall–Kier alpha value is -3.92. The molecule has 2 aliphatic rings. The SMILES string of the molecule is COc1cc(/C=C2\C(=O)NC(=O)N(c3ccc4c(c3)OCO4)C2=O)cc(Cl)c1OCc1ccc(Cl)cc1Cl. The van der Waals surface area contributed by atoms with Crippen molar-refractivity contribution >= 4 is 64.4 Å². The van der Waals surface area contributed by atoms with Gasteiger partial charge in [-0.05, 0) is 48.0 Å². The van der Waals surface area contributed by atoms with Gasteiger partial charge < -0.3 is 18.9 Å². The van der Waals surface area contributed by atoms with Gasteiger partial charge in [-0.15, -0.1) is 0 Å². The number of hydrogen-bond acceptors (Lipinski definition) is 7. The van der Waals surface area contributed by atoms with Crippen LogP contribution in [0.25, 0.3) is 6.08 Å². The summed E-state index contributed by atoms with van der Waals surface area (Å²) in [6, 6.07) is 11.7. The second-order valence-corrected chi connectivity index (χ2v) is 9.30. The van der Waals surface area contributed by atoms with E-state index >= 15 is 0 Å². The van der Waals surface area contributed by atoms with Crippen molar-refractivity contribution in [2.75, 3.05) is 18.8 Å². The van der Waals surface area contributed by atoms with Crippen LogP contribution in [-0.4, -0.2) is 31.7 Å². The molecule has 5 rings (SSSR count). The summed E-state index contributed by atoms with van der Waals surface area (Å²) in [6.45, 7) is 0.109. The van der Waals surface area contributed by atoms with Crippen molar-refractivity contribution in [3.8, 4) is 23.0 Å². The predicted molar refractivity (Wildman–Crippen MR) is 140 cm³/mol. The Morgan fingerprint density at radius 1 is 0.974 bits per heavy atom. The zero-order valence-corrected chi connectivity index (χ0v) is 21.8. The molecule has 0 unspecified atom stereocenters. The van der Waals surface area contributed by atoms with E-state index in [1.807, 2.05) is 0 Å². The fourth-order valence-corrected chi connectivity index (χ4v) is 4.57. The number of rotatable bonds is 6. The Labute approximate surface area is 231 Å².